The van der Waals surface area contributed by atoms with Crippen LogP contribution in [0, 0.1) is 0 Å². The van der Waals surface area contributed by atoms with E-state index < -0.39 is 6.04 Å². The Morgan fingerprint density at radius 2 is 1.45 bits per heavy atom. The molecule has 0 heterocycles. The van der Waals surface area contributed by atoms with Crippen molar-refractivity contribution in [3.05, 3.63) is 89.2 Å². The van der Waals surface area contributed by atoms with Gasteiger partial charge in [0, 0.05) is 5.57 Å². The minimum absolute atomic E-state index is 0.0879. The number of allylic oxidation sites excluding steroid dienone is 1. The topological polar surface area (TPSA) is 82.7 Å². The highest BCUT2D eigenvalue weighted by molar-refractivity contribution is 6.29. The zero-order valence-electron chi connectivity index (χ0n) is 11.8. The Kier molecular flexibility index (Phi) is 3.71. The summed E-state index contributed by atoms with van der Waals surface area (Å²) in [5.74, 6) is 0.0879. The third-order valence-corrected chi connectivity index (χ3v) is 3.72. The van der Waals surface area contributed by atoms with Crippen LogP contribution in [0.25, 0.3) is 16.7 Å². The second kappa shape index (κ2) is 5.82. The van der Waals surface area contributed by atoms with Gasteiger partial charge < -0.3 is 16.4 Å². The van der Waals surface area contributed by atoms with Crippen molar-refractivity contribution in [3.8, 4) is 0 Å². The van der Waals surface area contributed by atoms with E-state index in [-0.39, 0.29) is 5.76 Å². The molecule has 0 fully saturated rings. The summed E-state index contributed by atoms with van der Waals surface area (Å²) in [4.78, 5) is 3.37. The van der Waals surface area contributed by atoms with Crippen LogP contribution in [0.15, 0.2) is 72.5 Å². The minimum Gasteiger partial charge on any atom is -0.508 e. The lowest BCUT2D eigenvalue weighted by Gasteiger charge is -2.20. The van der Waals surface area contributed by atoms with Crippen molar-refractivity contribution in [3.63, 3.8) is 0 Å². The number of rotatable bonds is 2. The van der Waals surface area contributed by atoms with Crippen LogP contribution in [0.1, 0.15) is 11.1 Å². The Balaban J connectivity index is 2.19. The van der Waals surface area contributed by atoms with E-state index in [2.05, 4.69) is 4.79 Å². The van der Waals surface area contributed by atoms with Crippen LogP contribution >= 0.6 is 0 Å². The van der Waals surface area contributed by atoms with E-state index in [0.717, 1.165) is 11.1 Å². The second-order valence-electron chi connectivity index (χ2n) is 5.05. The van der Waals surface area contributed by atoms with Crippen molar-refractivity contribution in [2.75, 3.05) is 0 Å². The molecule has 2 aromatic carbocycles. The van der Waals surface area contributed by atoms with Crippen molar-refractivity contribution < 1.29 is 9.90 Å². The molecule has 4 nitrogen and oxygen atoms in total. The molecule has 0 spiro atoms. The van der Waals surface area contributed by atoms with Crippen molar-refractivity contribution in [1.82, 2.24) is 0 Å². The van der Waals surface area contributed by atoms with Crippen LogP contribution in [0.2, 0.25) is 0 Å². The molecule has 22 heavy (non-hydrogen) atoms. The lowest BCUT2D eigenvalue weighted by Crippen LogP contribution is -2.36. The summed E-state index contributed by atoms with van der Waals surface area (Å²) in [6, 6.07) is 18.1. The molecule has 1 aliphatic rings. The van der Waals surface area contributed by atoms with E-state index in [1.807, 2.05) is 60.7 Å². The number of nitrogens with zero attached hydrogens (tertiary/aromatic N) is 2. The van der Waals surface area contributed by atoms with Crippen LogP contribution in [0.5, 0.6) is 0 Å². The molecule has 3 N–H and O–H groups in total. The summed E-state index contributed by atoms with van der Waals surface area (Å²) in [5.41, 5.74) is 18.8. The Hall–Kier alpha value is -2.94. The van der Waals surface area contributed by atoms with Gasteiger partial charge in [-0.1, -0.05) is 60.7 Å². The first-order valence-electron chi connectivity index (χ1n) is 6.96. The highest BCUT2D eigenvalue weighted by atomic mass is 16.3. The molecule has 3 rings (SSSR count). The van der Waals surface area contributed by atoms with Gasteiger partial charge in [0.2, 0.25) is 0 Å². The molecule has 4 heteroatoms. The number of hydrogen-bond acceptors (Lipinski definition) is 2. The third-order valence-electron chi connectivity index (χ3n) is 3.72. The zero-order chi connectivity index (χ0) is 15.5. The van der Waals surface area contributed by atoms with Gasteiger partial charge in [0.05, 0.1) is 5.57 Å². The fourth-order valence-corrected chi connectivity index (χ4v) is 2.66. The smallest absolute Gasteiger partial charge is 0.321 e. The summed E-state index contributed by atoms with van der Waals surface area (Å²) < 4.78 is 0. The second-order valence-corrected chi connectivity index (χ2v) is 5.05. The fourth-order valence-electron chi connectivity index (χ4n) is 2.66. The monoisotopic (exact) mass is 289 g/mol. The standard InChI is InChI=1S/C18H15N3O/c19-17-16(13-9-5-2-6-10-13)15(22)11-14(18(17)21-20)12-7-3-1-4-8-12/h1-11,17,22H,19H2. The van der Waals surface area contributed by atoms with Gasteiger partial charge in [-0.15, -0.1) is 0 Å². The molecule has 0 saturated carbocycles. The van der Waals surface area contributed by atoms with Crippen LogP contribution in [0.3, 0.4) is 0 Å². The van der Waals surface area contributed by atoms with Crippen LogP contribution < -0.4 is 5.73 Å². The zero-order valence-corrected chi connectivity index (χ0v) is 11.8. The molecule has 108 valence electrons. The molecule has 1 aliphatic carbocycles. The van der Waals surface area contributed by atoms with E-state index >= 15 is 0 Å². The van der Waals surface area contributed by atoms with E-state index in [0.29, 0.717) is 16.9 Å². The lowest BCUT2D eigenvalue weighted by atomic mass is 9.84. The molecule has 0 aliphatic heterocycles. The van der Waals surface area contributed by atoms with Crippen molar-refractivity contribution in [2.45, 2.75) is 6.04 Å². The number of nitrogens with two attached hydrogens (primary N) is 1. The summed E-state index contributed by atoms with van der Waals surface area (Å²) in [6.07, 6.45) is 1.59. The molecule has 0 aromatic heterocycles. The van der Waals surface area contributed by atoms with Crippen LogP contribution in [0.4, 0.5) is 0 Å². The van der Waals surface area contributed by atoms with Crippen molar-refractivity contribution in [1.29, 1.82) is 0 Å². The number of benzene rings is 2. The molecule has 0 amide bonds. The molecule has 0 saturated heterocycles. The average molecular weight is 289 g/mol. The summed E-state index contributed by atoms with van der Waals surface area (Å²) >= 11 is 0. The first-order chi connectivity index (χ1) is 10.7. The Bertz CT molecular complexity index is 763. The highest BCUT2D eigenvalue weighted by Crippen LogP contribution is 2.31. The minimum atomic E-state index is -0.701. The first-order valence-corrected chi connectivity index (χ1v) is 6.96. The van der Waals surface area contributed by atoms with Crippen LogP contribution in [-0.4, -0.2) is 21.6 Å². The van der Waals surface area contributed by atoms with E-state index in [1.165, 1.54) is 0 Å². The van der Waals surface area contributed by atoms with Gasteiger partial charge in [-0.25, -0.2) is 0 Å². The van der Waals surface area contributed by atoms with Gasteiger partial charge >= 0.3 is 5.71 Å². The third kappa shape index (κ3) is 2.37. The Morgan fingerprint density at radius 3 is 2.00 bits per heavy atom. The van der Waals surface area contributed by atoms with Crippen molar-refractivity contribution in [2.24, 2.45) is 5.73 Å². The Labute approximate surface area is 128 Å². The van der Waals surface area contributed by atoms with Crippen molar-refractivity contribution >= 4 is 16.9 Å². The van der Waals surface area contributed by atoms with Gasteiger partial charge in [-0.2, -0.15) is 4.79 Å². The average Bonchev–Trinajstić information content (AvgIpc) is 2.56. The van der Waals surface area contributed by atoms with E-state index in [4.69, 9.17) is 5.73 Å². The maximum absolute atomic E-state index is 10.4. The normalized spacial score (nSPS) is 18.0. The largest absolute Gasteiger partial charge is 0.508 e. The number of aliphatic hydroxyl groups is 1. The van der Waals surface area contributed by atoms with Gasteiger partial charge in [0.25, 0.3) is 0 Å². The summed E-state index contributed by atoms with van der Waals surface area (Å²) in [5, 5.41) is 10.4. The first kappa shape index (κ1) is 14.0. The molecular formula is C18H15N3O. The molecule has 2 aromatic rings. The molecular weight excluding hydrogens is 274 g/mol. The van der Waals surface area contributed by atoms with Crippen LogP contribution in [-0.2, 0) is 0 Å². The lowest BCUT2D eigenvalue weighted by molar-refractivity contribution is -0.00559. The maximum atomic E-state index is 10.4. The van der Waals surface area contributed by atoms with Gasteiger partial charge in [-0.3, -0.25) is 0 Å². The van der Waals surface area contributed by atoms with Gasteiger partial charge in [-0.05, 0) is 17.2 Å². The van der Waals surface area contributed by atoms with E-state index in [9.17, 15) is 10.6 Å². The maximum Gasteiger partial charge on any atom is 0.321 e. The van der Waals surface area contributed by atoms with E-state index in [1.54, 1.807) is 6.08 Å². The summed E-state index contributed by atoms with van der Waals surface area (Å²) in [7, 11) is 0. The molecule has 1 atom stereocenters. The Morgan fingerprint density at radius 1 is 0.909 bits per heavy atom. The fraction of sp³-hybridized carbons (Fsp3) is 0.0556. The molecule has 0 bridgehead atoms. The predicted molar refractivity (Wildman–Crippen MR) is 87.0 cm³/mol. The highest BCUT2D eigenvalue weighted by Gasteiger charge is 2.35. The van der Waals surface area contributed by atoms with Gasteiger partial charge in [0.1, 0.15) is 11.8 Å². The number of hydrogen-bond donors (Lipinski definition) is 2. The molecule has 0 radical (unpaired) electrons. The van der Waals surface area contributed by atoms with Gasteiger partial charge in [0.15, 0.2) is 0 Å². The summed E-state index contributed by atoms with van der Waals surface area (Å²) in [6.45, 7) is 0. The number of aliphatic hydroxyl groups excluding tert-OH is 1. The molecule has 1 unspecified atom stereocenters. The quantitative estimate of drug-likeness (QED) is 0.658. The predicted octanol–water partition coefficient (Wildman–Crippen LogP) is 3.05. The SMILES string of the molecule is [N-]=[N+]=C1C(c2ccccc2)=CC(O)=C(c2ccccc2)C1N.